The molecule has 194 valence electrons. The number of methoxy groups -OCH3 is 3. The number of aromatic nitrogens is 2. The summed E-state index contributed by atoms with van der Waals surface area (Å²) in [5, 5.41) is 33.3. The lowest BCUT2D eigenvalue weighted by Crippen LogP contribution is -2.34. The number of hydrogen-bond donors (Lipinski definition) is 3. The van der Waals surface area contributed by atoms with Gasteiger partial charge in [0.25, 0.3) is 0 Å². The van der Waals surface area contributed by atoms with Gasteiger partial charge in [-0.25, -0.2) is 9.59 Å². The molecule has 1 aromatic heterocycles. The van der Waals surface area contributed by atoms with Gasteiger partial charge in [-0.15, -0.1) is 10.2 Å². The Kier molecular flexibility index (Phi) is 8.64. The van der Waals surface area contributed by atoms with Crippen molar-refractivity contribution in [2.45, 2.75) is 44.2 Å². The van der Waals surface area contributed by atoms with Crippen LogP contribution < -0.4 is 18.9 Å². The van der Waals surface area contributed by atoms with Gasteiger partial charge >= 0.3 is 11.9 Å². The first-order chi connectivity index (χ1) is 17.2. The highest BCUT2D eigenvalue weighted by Gasteiger charge is 2.38. The van der Waals surface area contributed by atoms with Crippen molar-refractivity contribution in [3.63, 3.8) is 0 Å². The van der Waals surface area contributed by atoms with E-state index in [9.17, 15) is 5.11 Å². The van der Waals surface area contributed by atoms with Crippen LogP contribution in [0.5, 0.6) is 23.3 Å². The van der Waals surface area contributed by atoms with E-state index in [4.69, 9.17) is 43.7 Å². The predicted octanol–water partition coefficient (Wildman–Crippen LogP) is 1.90. The lowest BCUT2D eigenvalue weighted by atomic mass is 9.74. The van der Waals surface area contributed by atoms with Crippen LogP contribution in [-0.2, 0) is 9.59 Å². The second-order valence-electron chi connectivity index (χ2n) is 8.06. The molecule has 3 atom stereocenters. The molecule has 0 radical (unpaired) electrons. The number of aliphatic hydroxyl groups is 1. The fraction of sp³-hybridized carbons (Fsp3) is 0.458. The summed E-state index contributed by atoms with van der Waals surface area (Å²) in [6, 6.07) is 5.82. The van der Waals surface area contributed by atoms with E-state index in [1.807, 2.05) is 19.1 Å². The maximum Gasteiger partial charge on any atom is 0.414 e. The van der Waals surface area contributed by atoms with E-state index in [1.165, 1.54) is 0 Å². The van der Waals surface area contributed by atoms with Crippen molar-refractivity contribution in [1.82, 2.24) is 10.2 Å². The summed E-state index contributed by atoms with van der Waals surface area (Å²) in [7, 11) is 4.73. The second kappa shape index (κ2) is 11.7. The fourth-order valence-electron chi connectivity index (χ4n) is 4.37. The summed E-state index contributed by atoms with van der Waals surface area (Å²) >= 11 is 0. The van der Waals surface area contributed by atoms with E-state index in [2.05, 4.69) is 10.2 Å². The van der Waals surface area contributed by atoms with Gasteiger partial charge in [0.1, 0.15) is 0 Å². The Balaban J connectivity index is 0.000000538. The Labute approximate surface area is 207 Å². The van der Waals surface area contributed by atoms with E-state index in [1.54, 1.807) is 27.4 Å². The van der Waals surface area contributed by atoms with Crippen molar-refractivity contribution in [3.8, 4) is 23.3 Å². The van der Waals surface area contributed by atoms with E-state index < -0.39 is 11.9 Å². The van der Waals surface area contributed by atoms with Gasteiger partial charge < -0.3 is 34.3 Å². The number of hydrogen-bond acceptors (Lipinski definition) is 10. The number of fused-ring (bicyclic) bond motifs is 3. The number of aliphatic carboxylic acids is 2. The van der Waals surface area contributed by atoms with Gasteiger partial charge in [-0.2, -0.15) is 0 Å². The first-order valence-corrected chi connectivity index (χ1v) is 11.3. The van der Waals surface area contributed by atoms with Crippen molar-refractivity contribution in [2.24, 2.45) is 4.99 Å². The highest BCUT2D eigenvalue weighted by atomic mass is 16.5. The SMILES string of the molecule is CCOc1cc2c(cc1OC)C(c1cc(OC)nnc1OC)=N[C@@H]1CC[C@@H](O)C[C@H]21.O=C(O)C(=O)O. The van der Waals surface area contributed by atoms with Crippen LogP contribution in [0.2, 0.25) is 0 Å². The molecular formula is C24H29N3O9. The first kappa shape index (κ1) is 26.7. The quantitative estimate of drug-likeness (QED) is 0.492. The van der Waals surface area contributed by atoms with Crippen LogP contribution in [0.4, 0.5) is 0 Å². The Morgan fingerprint density at radius 1 is 0.944 bits per heavy atom. The molecule has 2 heterocycles. The zero-order valence-corrected chi connectivity index (χ0v) is 20.4. The molecule has 0 saturated heterocycles. The zero-order valence-electron chi connectivity index (χ0n) is 20.4. The van der Waals surface area contributed by atoms with Gasteiger partial charge in [-0.1, -0.05) is 0 Å². The van der Waals surface area contributed by atoms with Gasteiger partial charge in [0.2, 0.25) is 11.8 Å². The maximum atomic E-state index is 10.3. The number of rotatable bonds is 6. The molecule has 0 spiro atoms. The Morgan fingerprint density at radius 2 is 1.67 bits per heavy atom. The summed E-state index contributed by atoms with van der Waals surface area (Å²) in [5.74, 6) is -1.45. The standard InChI is InChI=1S/C22H27N3O5.C2H2O4/c1-5-30-19-9-13-14-8-12(26)6-7-17(14)23-21(15(13)10-18(19)27-2)16-11-20(28-3)24-25-22(16)29-4;3-1(4)2(5)6/h9-12,14,17,26H,5-8H2,1-4H3;(H,3,4)(H,5,6)/t12-,14-,17-;/m1./s1. The molecule has 1 aromatic carbocycles. The molecule has 2 aromatic rings. The highest BCUT2D eigenvalue weighted by molar-refractivity contribution is 6.27. The Hall–Kier alpha value is -3.93. The van der Waals surface area contributed by atoms with Gasteiger partial charge in [0.15, 0.2) is 11.5 Å². The molecule has 1 saturated carbocycles. The minimum absolute atomic E-state index is 0.0580. The van der Waals surface area contributed by atoms with E-state index >= 15 is 0 Å². The number of nitrogens with zero attached hydrogens (tertiary/aromatic N) is 3. The second-order valence-corrected chi connectivity index (χ2v) is 8.06. The molecule has 3 N–H and O–H groups in total. The van der Waals surface area contributed by atoms with E-state index in [-0.39, 0.29) is 18.1 Å². The summed E-state index contributed by atoms with van der Waals surface area (Å²) in [5.41, 5.74) is 3.47. The summed E-state index contributed by atoms with van der Waals surface area (Å²) < 4.78 is 22.2. The molecule has 1 aliphatic heterocycles. The molecule has 4 rings (SSSR count). The van der Waals surface area contributed by atoms with E-state index in [0.29, 0.717) is 41.9 Å². The van der Waals surface area contributed by atoms with Crippen LogP contribution in [0.3, 0.4) is 0 Å². The molecule has 36 heavy (non-hydrogen) atoms. The molecule has 12 heteroatoms. The monoisotopic (exact) mass is 503 g/mol. The number of aliphatic hydroxyl groups excluding tert-OH is 1. The average Bonchev–Trinajstić information content (AvgIpc) is 2.88. The smallest absolute Gasteiger partial charge is 0.414 e. The van der Waals surface area contributed by atoms with Crippen molar-refractivity contribution in [3.05, 3.63) is 34.9 Å². The van der Waals surface area contributed by atoms with Crippen molar-refractivity contribution in [1.29, 1.82) is 0 Å². The zero-order chi connectivity index (χ0) is 26.4. The number of ether oxygens (including phenoxy) is 4. The van der Waals surface area contributed by atoms with Crippen molar-refractivity contribution in [2.75, 3.05) is 27.9 Å². The van der Waals surface area contributed by atoms with Crippen LogP contribution >= 0.6 is 0 Å². The molecule has 2 aliphatic rings. The van der Waals surface area contributed by atoms with Crippen LogP contribution in [0.25, 0.3) is 0 Å². The highest BCUT2D eigenvalue weighted by Crippen LogP contribution is 2.45. The third-order valence-electron chi connectivity index (χ3n) is 5.95. The third kappa shape index (κ3) is 5.65. The average molecular weight is 504 g/mol. The molecule has 0 unspecified atom stereocenters. The normalized spacial score (nSPS) is 19.9. The minimum Gasteiger partial charge on any atom is -0.493 e. The van der Waals surface area contributed by atoms with Crippen LogP contribution in [-0.4, -0.2) is 83.2 Å². The summed E-state index contributed by atoms with van der Waals surface area (Å²) in [6.45, 7) is 2.48. The van der Waals surface area contributed by atoms with Gasteiger partial charge in [0.05, 0.1) is 51.4 Å². The first-order valence-electron chi connectivity index (χ1n) is 11.3. The topological polar surface area (TPSA) is 170 Å². The number of benzene rings is 1. The Morgan fingerprint density at radius 3 is 2.25 bits per heavy atom. The number of carbonyl (C=O) groups is 2. The lowest BCUT2D eigenvalue weighted by Gasteiger charge is -2.37. The molecule has 0 bridgehead atoms. The lowest BCUT2D eigenvalue weighted by molar-refractivity contribution is -0.159. The minimum atomic E-state index is -1.82. The Bertz CT molecular complexity index is 1140. The number of aliphatic imine (C=N–C) groups is 1. The van der Waals surface area contributed by atoms with Gasteiger partial charge in [-0.05, 0) is 43.9 Å². The van der Waals surface area contributed by atoms with Gasteiger partial charge in [-0.3, -0.25) is 4.99 Å². The molecule has 12 nitrogen and oxygen atoms in total. The summed E-state index contributed by atoms with van der Waals surface area (Å²) in [4.78, 5) is 23.3. The van der Waals surface area contributed by atoms with Crippen LogP contribution in [0, 0.1) is 0 Å². The third-order valence-corrected chi connectivity index (χ3v) is 5.95. The summed E-state index contributed by atoms with van der Waals surface area (Å²) in [6.07, 6.45) is 1.88. The van der Waals surface area contributed by atoms with Gasteiger partial charge in [0, 0.05) is 17.5 Å². The number of carboxylic acid groups (broad SMARTS) is 2. The molecule has 1 fully saturated rings. The van der Waals surface area contributed by atoms with Crippen molar-refractivity contribution >= 4 is 17.7 Å². The van der Waals surface area contributed by atoms with Crippen LogP contribution in [0.15, 0.2) is 23.2 Å². The largest absolute Gasteiger partial charge is 0.493 e. The van der Waals surface area contributed by atoms with Crippen LogP contribution in [0.1, 0.15) is 48.8 Å². The molecular weight excluding hydrogens is 474 g/mol. The fourth-order valence-corrected chi connectivity index (χ4v) is 4.37. The number of carboxylic acids is 2. The molecule has 0 amide bonds. The van der Waals surface area contributed by atoms with E-state index in [0.717, 1.165) is 29.7 Å². The molecule has 1 aliphatic carbocycles. The van der Waals surface area contributed by atoms with Crippen molar-refractivity contribution < 1.29 is 43.9 Å². The maximum absolute atomic E-state index is 10.3. The predicted molar refractivity (Wildman–Crippen MR) is 127 cm³/mol.